The molecule has 0 spiro atoms. The Morgan fingerprint density at radius 2 is 1.88 bits per heavy atom. The highest BCUT2D eigenvalue weighted by Gasteiger charge is 2.62. The number of rotatable bonds is 6. The van der Waals surface area contributed by atoms with Gasteiger partial charge in [-0.2, -0.15) is 31.8 Å². The molecule has 5 heterocycles. The highest BCUT2D eigenvalue weighted by atomic mass is 35.5. The lowest BCUT2D eigenvalue weighted by Gasteiger charge is -2.43. The third-order valence-electron chi connectivity index (χ3n) is 8.33. The van der Waals surface area contributed by atoms with Crippen molar-refractivity contribution in [3.63, 3.8) is 0 Å². The molecule has 1 aliphatic carbocycles. The molecule has 0 amide bonds. The third-order valence-corrected chi connectivity index (χ3v) is 8.63. The first-order chi connectivity index (χ1) is 19.7. The van der Waals surface area contributed by atoms with E-state index in [1.807, 2.05) is 66.3 Å². The number of nitrogens with one attached hydrogen (secondary N) is 1. The molecule has 7 rings (SSSR count). The molecule has 8 nitrogen and oxygen atoms in total. The van der Waals surface area contributed by atoms with Crippen molar-refractivity contribution in [3.05, 3.63) is 83.5 Å². The maximum absolute atomic E-state index is 14.5. The van der Waals surface area contributed by atoms with Gasteiger partial charge in [0.05, 0.1) is 23.0 Å². The lowest BCUT2D eigenvalue weighted by Crippen LogP contribution is -2.50. The number of alkyl halides is 3. The van der Waals surface area contributed by atoms with Gasteiger partial charge in [-0.05, 0) is 37.0 Å². The van der Waals surface area contributed by atoms with E-state index in [-0.39, 0.29) is 38.2 Å². The van der Waals surface area contributed by atoms with E-state index >= 15 is 0 Å². The summed E-state index contributed by atoms with van der Waals surface area (Å²) in [5.74, 6) is 1.81. The predicted octanol–water partition coefficient (Wildman–Crippen LogP) is 6.83. The van der Waals surface area contributed by atoms with E-state index in [4.69, 9.17) is 11.6 Å². The van der Waals surface area contributed by atoms with Crippen LogP contribution in [0.4, 0.5) is 24.8 Å². The van der Waals surface area contributed by atoms with Crippen LogP contribution in [-0.4, -0.2) is 40.3 Å². The molecule has 1 fully saturated rings. The smallest absolute Gasteiger partial charge is 0.342 e. The lowest BCUT2D eigenvalue weighted by molar-refractivity contribution is -0.216. The number of hydrogen-bond donors (Lipinski definition) is 1. The van der Waals surface area contributed by atoms with E-state index in [1.54, 1.807) is 21.6 Å². The number of aryl methyl sites for hydroxylation is 1. The molecule has 42 heavy (non-hydrogen) atoms. The topological polar surface area (TPSA) is 78.4 Å². The molecule has 1 aromatic carbocycles. The van der Waals surface area contributed by atoms with Crippen molar-refractivity contribution in [2.24, 2.45) is 7.05 Å². The molecule has 0 unspecified atom stereocenters. The van der Waals surface area contributed by atoms with Crippen molar-refractivity contribution in [2.45, 2.75) is 49.9 Å². The Morgan fingerprint density at radius 3 is 2.55 bits per heavy atom. The van der Waals surface area contributed by atoms with Crippen LogP contribution < -0.4 is 5.32 Å². The van der Waals surface area contributed by atoms with Crippen molar-refractivity contribution in [3.8, 4) is 22.6 Å². The highest BCUT2D eigenvalue weighted by Crippen LogP contribution is 2.55. The number of pyridine rings is 1. The van der Waals surface area contributed by atoms with Crippen molar-refractivity contribution in [1.82, 2.24) is 34.1 Å². The molecule has 4 aromatic heterocycles. The van der Waals surface area contributed by atoms with Gasteiger partial charge in [0.1, 0.15) is 22.9 Å². The molecule has 0 saturated heterocycles. The minimum atomic E-state index is -4.40. The van der Waals surface area contributed by atoms with Gasteiger partial charge in [0, 0.05) is 43.2 Å². The summed E-state index contributed by atoms with van der Waals surface area (Å²) in [6, 6.07) is 15.1. The summed E-state index contributed by atoms with van der Waals surface area (Å²) in [4.78, 5) is 4.40. The average Bonchev–Trinajstić information content (AvgIpc) is 3.63. The van der Waals surface area contributed by atoms with Gasteiger partial charge in [-0.15, -0.1) is 10.2 Å². The fourth-order valence-electron chi connectivity index (χ4n) is 6.01. The number of halogens is 4. The van der Waals surface area contributed by atoms with E-state index in [0.717, 1.165) is 22.5 Å². The molecular formula is C29H28ClF3N8S. The summed E-state index contributed by atoms with van der Waals surface area (Å²) in [6.07, 6.45) is 1.95. The van der Waals surface area contributed by atoms with Crippen LogP contribution in [0.5, 0.6) is 0 Å². The molecule has 13 heteroatoms. The second-order valence-corrected chi connectivity index (χ2v) is 11.2. The largest absolute Gasteiger partial charge is 0.401 e. The van der Waals surface area contributed by atoms with Crippen LogP contribution in [0.3, 0.4) is 0 Å². The van der Waals surface area contributed by atoms with Crippen molar-refractivity contribution in [1.29, 1.82) is 0 Å². The Labute approximate surface area is 252 Å². The van der Waals surface area contributed by atoms with Crippen LogP contribution in [0, 0.1) is 0 Å². The molecule has 1 aliphatic heterocycles. The van der Waals surface area contributed by atoms with E-state index in [9.17, 15) is 13.2 Å². The van der Waals surface area contributed by atoms with Gasteiger partial charge in [-0.3, -0.25) is 4.68 Å². The van der Waals surface area contributed by atoms with Gasteiger partial charge in [-0.1, -0.05) is 48.4 Å². The first-order valence-electron chi connectivity index (χ1n) is 13.4. The van der Waals surface area contributed by atoms with Gasteiger partial charge >= 0.3 is 6.18 Å². The lowest BCUT2D eigenvalue weighted by atomic mass is 9.67. The Hall–Kier alpha value is -3.77. The summed E-state index contributed by atoms with van der Waals surface area (Å²) in [5, 5.41) is 16.5. The fourth-order valence-corrected chi connectivity index (χ4v) is 6.22. The molecule has 218 valence electrons. The number of hydrogen-bond acceptors (Lipinski definition) is 5. The Morgan fingerprint density at radius 1 is 1.10 bits per heavy atom. The second kappa shape index (κ2) is 10.5. The summed E-state index contributed by atoms with van der Waals surface area (Å²) in [7, 11) is 1.82. The van der Waals surface area contributed by atoms with E-state index in [1.165, 1.54) is 0 Å². The first-order valence-corrected chi connectivity index (χ1v) is 13.8. The molecule has 0 bridgehead atoms. The van der Waals surface area contributed by atoms with Crippen molar-refractivity contribution in [2.75, 3.05) is 5.32 Å². The summed E-state index contributed by atoms with van der Waals surface area (Å²) in [5.41, 5.74) is 1.33. The van der Waals surface area contributed by atoms with Gasteiger partial charge in [0.15, 0.2) is 5.82 Å². The van der Waals surface area contributed by atoms with Gasteiger partial charge in [-0.25, -0.2) is 4.98 Å². The first kappa shape index (κ1) is 28.4. The fraction of sp³-hybridized carbons (Fsp3) is 0.310. The number of anilines is 2. The predicted molar refractivity (Wildman–Crippen MR) is 159 cm³/mol. The molecule has 1 N–H and O–H groups in total. The molecule has 5 aromatic rings. The van der Waals surface area contributed by atoms with Crippen LogP contribution in [0.25, 0.3) is 22.6 Å². The van der Waals surface area contributed by atoms with Crippen molar-refractivity contribution >= 4 is 36.7 Å². The molecular weight excluding hydrogens is 585 g/mol. The van der Waals surface area contributed by atoms with E-state index in [2.05, 4.69) is 25.6 Å². The zero-order chi connectivity index (χ0) is 28.4. The zero-order valence-corrected chi connectivity index (χ0v) is 24.4. The Balaban J connectivity index is 0.00000316. The minimum Gasteiger partial charge on any atom is -0.342 e. The maximum Gasteiger partial charge on any atom is 0.401 e. The van der Waals surface area contributed by atoms with Crippen LogP contribution >= 0.6 is 25.1 Å². The highest BCUT2D eigenvalue weighted by molar-refractivity contribution is 7.59. The molecule has 2 aliphatic rings. The minimum absolute atomic E-state index is 0. The van der Waals surface area contributed by atoms with Gasteiger partial charge in [0.2, 0.25) is 0 Å². The summed E-state index contributed by atoms with van der Waals surface area (Å²) >= 11 is 6.61. The normalized spacial score (nSPS) is 17.1. The monoisotopic (exact) mass is 612 g/mol. The van der Waals surface area contributed by atoms with Crippen LogP contribution in [0.2, 0.25) is 5.02 Å². The summed E-state index contributed by atoms with van der Waals surface area (Å²) in [6.45, 7) is 0.471. The van der Waals surface area contributed by atoms with E-state index < -0.39 is 11.6 Å². The quantitative estimate of drug-likeness (QED) is 0.227. The standard InChI is InChI=1S/C29H26ClF3N8.H2S/c1-39-25(8-11-35-39)36-24-14-21(22(30)15-34-24)19-13-23-26-37-38-27(28(9-5-10-28)29(31,32)33)41(26)20(17-40(23)16-19)12-18-6-3-2-4-7-18;/h2-4,6-8,11,13-16,20H,5,9-10,12,17H2,1H3,(H,34,36);1H2/t20-;/m0./s1. The second-order valence-electron chi connectivity index (χ2n) is 10.8. The molecule has 1 atom stereocenters. The number of benzene rings is 1. The Kier molecular flexibility index (Phi) is 7.09. The SMILES string of the molecule is Cn1nccc1Nc1cc(-c2cc3n(c2)C[C@H](Cc2ccccc2)n2c-3nnc2C2(C(F)(F)F)CCC2)c(Cl)cn1.S. The average molecular weight is 613 g/mol. The van der Waals surface area contributed by atoms with Gasteiger partial charge in [0.25, 0.3) is 0 Å². The van der Waals surface area contributed by atoms with Crippen LogP contribution in [0.15, 0.2) is 67.1 Å². The number of fused-ring (bicyclic) bond motifs is 3. The van der Waals surface area contributed by atoms with Gasteiger partial charge < -0.3 is 14.5 Å². The molecule has 0 radical (unpaired) electrons. The third kappa shape index (κ3) is 4.57. The summed E-state index contributed by atoms with van der Waals surface area (Å²) < 4.78 is 49.0. The van der Waals surface area contributed by atoms with E-state index in [0.29, 0.717) is 41.7 Å². The van der Waals surface area contributed by atoms with Crippen LogP contribution in [0.1, 0.15) is 36.7 Å². The maximum atomic E-state index is 14.5. The van der Waals surface area contributed by atoms with Crippen LogP contribution in [-0.2, 0) is 25.4 Å². The number of nitrogens with zero attached hydrogens (tertiary/aromatic N) is 7. The van der Waals surface area contributed by atoms with Crippen molar-refractivity contribution < 1.29 is 13.2 Å². The number of aromatic nitrogens is 7. The Bertz CT molecular complexity index is 1740. The zero-order valence-electron chi connectivity index (χ0n) is 22.6. The molecule has 1 saturated carbocycles.